The molecule has 1 aliphatic rings. The van der Waals surface area contributed by atoms with E-state index < -0.39 is 8.32 Å². The Hall–Kier alpha value is -2.64. The van der Waals surface area contributed by atoms with Crippen LogP contribution < -0.4 is 23.7 Å². The van der Waals surface area contributed by atoms with Gasteiger partial charge < -0.3 is 28.5 Å². The molecule has 0 aromatic heterocycles. The third kappa shape index (κ3) is 9.93. The van der Waals surface area contributed by atoms with E-state index in [-0.39, 0.29) is 5.04 Å². The molecular weight excluding hydrogens is 568 g/mol. The van der Waals surface area contributed by atoms with E-state index in [4.69, 9.17) is 23.7 Å². The molecule has 44 heavy (non-hydrogen) atoms. The van der Waals surface area contributed by atoms with Crippen LogP contribution in [0.1, 0.15) is 110 Å². The molecule has 0 fully saturated rings. The van der Waals surface area contributed by atoms with Gasteiger partial charge in [0.2, 0.25) is 0 Å². The van der Waals surface area contributed by atoms with Crippen LogP contribution in [0.5, 0.6) is 28.7 Å². The van der Waals surface area contributed by atoms with Gasteiger partial charge in [-0.3, -0.25) is 0 Å². The molecule has 0 unspecified atom stereocenters. The van der Waals surface area contributed by atoms with Crippen LogP contribution in [0.4, 0.5) is 0 Å². The highest BCUT2D eigenvalue weighted by Gasteiger charge is 2.40. The number of hydrogen-bond donors (Lipinski definition) is 1. The van der Waals surface area contributed by atoms with Gasteiger partial charge in [-0.05, 0) is 74.0 Å². The molecule has 0 aliphatic carbocycles. The van der Waals surface area contributed by atoms with Crippen molar-refractivity contribution < 1.29 is 28.5 Å². The first-order chi connectivity index (χ1) is 21.0. The van der Waals surface area contributed by atoms with E-state index >= 15 is 0 Å². The molecule has 6 nitrogen and oxygen atoms in total. The quantitative estimate of drug-likeness (QED) is 0.117. The largest absolute Gasteiger partial charge is 0.493 e. The van der Waals surface area contributed by atoms with Crippen molar-refractivity contribution in [3.63, 3.8) is 0 Å². The second kappa shape index (κ2) is 17.2. The third-order valence-corrected chi connectivity index (χ3v) is 12.1. The van der Waals surface area contributed by atoms with Gasteiger partial charge in [-0.1, -0.05) is 67.2 Å². The minimum atomic E-state index is -2.50. The number of fused-ring (bicyclic) bond motifs is 1. The maximum atomic E-state index is 11.3. The summed E-state index contributed by atoms with van der Waals surface area (Å²) in [5.74, 6) is 4.66. The van der Waals surface area contributed by atoms with Crippen LogP contribution in [0.2, 0.25) is 18.1 Å². The molecule has 2 aromatic rings. The summed E-state index contributed by atoms with van der Waals surface area (Å²) in [5, 5.41) is -0.273. The summed E-state index contributed by atoms with van der Waals surface area (Å²) < 4.78 is 31.8. The van der Waals surface area contributed by atoms with Crippen molar-refractivity contribution in [3.05, 3.63) is 47.0 Å². The lowest BCUT2D eigenvalue weighted by atomic mass is 9.90. The highest BCUT2D eigenvalue weighted by molar-refractivity contribution is 6.72. The first-order valence-electron chi connectivity index (χ1n) is 17.0. The standard InChI is InChI=1S/C37H58O6Si/c1-9-13-19-39-30-25-33(41-21-15-11-3)31-23-29(27-37(5,6)44(7,8)38)36(43-34(31)26-30)28-17-18-32(40-20-14-10-2)35(24-28)42-22-16-12-4/h17-18,24-26,38H,9-16,19-23,27H2,1-8H3. The maximum Gasteiger partial charge on any atom is 0.188 e. The number of rotatable bonds is 20. The minimum Gasteiger partial charge on any atom is -0.493 e. The summed E-state index contributed by atoms with van der Waals surface area (Å²) in [7, 11) is -2.50. The lowest BCUT2D eigenvalue weighted by Gasteiger charge is -2.37. The molecule has 1 heterocycles. The number of unbranched alkanes of at least 4 members (excludes halogenated alkanes) is 4. The fourth-order valence-corrected chi connectivity index (χ4v) is 5.55. The molecule has 246 valence electrons. The Morgan fingerprint density at radius 3 is 1.84 bits per heavy atom. The first-order valence-corrected chi connectivity index (χ1v) is 19.9. The molecule has 2 aromatic carbocycles. The molecule has 1 aliphatic heterocycles. The molecule has 0 radical (unpaired) electrons. The van der Waals surface area contributed by atoms with Gasteiger partial charge in [0.25, 0.3) is 0 Å². The monoisotopic (exact) mass is 626 g/mol. The van der Waals surface area contributed by atoms with Crippen molar-refractivity contribution in [1.82, 2.24) is 0 Å². The predicted molar refractivity (Wildman–Crippen MR) is 184 cm³/mol. The smallest absolute Gasteiger partial charge is 0.188 e. The summed E-state index contributed by atoms with van der Waals surface area (Å²) in [4.78, 5) is 11.3. The molecule has 0 amide bonds. The summed E-state index contributed by atoms with van der Waals surface area (Å²) in [6.45, 7) is 19.6. The predicted octanol–water partition coefficient (Wildman–Crippen LogP) is 10.1. The van der Waals surface area contributed by atoms with Gasteiger partial charge in [-0.25, -0.2) is 0 Å². The molecule has 0 spiro atoms. The molecular formula is C37H58O6Si. The molecule has 0 atom stereocenters. The normalized spacial score (nSPS) is 13.4. The Balaban J connectivity index is 2.12. The van der Waals surface area contributed by atoms with E-state index in [2.05, 4.69) is 53.7 Å². The van der Waals surface area contributed by atoms with E-state index in [0.717, 1.165) is 103 Å². The second-order valence-corrected chi connectivity index (χ2v) is 17.7. The maximum absolute atomic E-state index is 11.3. The fraction of sp³-hybridized carbons (Fsp3) is 0.622. The second-order valence-electron chi connectivity index (χ2n) is 13.2. The molecule has 0 bridgehead atoms. The number of ether oxygens (including phenoxy) is 5. The van der Waals surface area contributed by atoms with E-state index in [1.54, 1.807) is 0 Å². The van der Waals surface area contributed by atoms with E-state index in [1.165, 1.54) is 0 Å². The molecule has 1 N–H and O–H groups in total. The molecule has 7 heteroatoms. The van der Waals surface area contributed by atoms with Gasteiger partial charge in [0.1, 0.15) is 23.0 Å². The minimum absolute atomic E-state index is 0.273. The van der Waals surface area contributed by atoms with Gasteiger partial charge in [-0.15, -0.1) is 0 Å². The van der Waals surface area contributed by atoms with Gasteiger partial charge in [0.05, 0.1) is 26.4 Å². The summed E-state index contributed by atoms with van der Waals surface area (Å²) in [5.41, 5.74) is 3.13. The van der Waals surface area contributed by atoms with Crippen molar-refractivity contribution in [2.75, 3.05) is 26.4 Å². The topological polar surface area (TPSA) is 66.4 Å². The van der Waals surface area contributed by atoms with Crippen LogP contribution in [0, 0.1) is 0 Å². The summed E-state index contributed by atoms with van der Waals surface area (Å²) >= 11 is 0. The average molecular weight is 627 g/mol. The first kappa shape index (κ1) is 35.8. The van der Waals surface area contributed by atoms with E-state index in [1.807, 2.05) is 31.3 Å². The Morgan fingerprint density at radius 1 is 0.727 bits per heavy atom. The number of allylic oxidation sites excluding steroid dienone is 1. The Kier molecular flexibility index (Phi) is 14.0. The van der Waals surface area contributed by atoms with Crippen LogP contribution in [-0.4, -0.2) is 39.5 Å². The van der Waals surface area contributed by atoms with Gasteiger partial charge in [0, 0.05) is 29.7 Å². The molecule has 3 rings (SSSR count). The van der Waals surface area contributed by atoms with Crippen LogP contribution in [-0.2, 0) is 6.42 Å². The Labute approximate surface area is 268 Å². The highest BCUT2D eigenvalue weighted by atomic mass is 28.4. The number of hydrogen-bond acceptors (Lipinski definition) is 6. The summed E-state index contributed by atoms with van der Waals surface area (Å²) in [6.07, 6.45) is 9.58. The van der Waals surface area contributed by atoms with Crippen molar-refractivity contribution >= 4 is 14.1 Å². The third-order valence-electron chi connectivity index (χ3n) is 8.62. The van der Waals surface area contributed by atoms with E-state index in [9.17, 15) is 4.80 Å². The molecule has 0 saturated heterocycles. The van der Waals surface area contributed by atoms with Crippen LogP contribution in [0.15, 0.2) is 35.9 Å². The van der Waals surface area contributed by atoms with Crippen molar-refractivity contribution in [2.45, 2.75) is 124 Å². The zero-order chi connectivity index (χ0) is 32.2. The molecule has 0 saturated carbocycles. The summed E-state index contributed by atoms with van der Waals surface area (Å²) in [6, 6.07) is 10.2. The van der Waals surface area contributed by atoms with Gasteiger partial charge in [0.15, 0.2) is 19.8 Å². The fourth-order valence-electron chi connectivity index (χ4n) is 4.90. The van der Waals surface area contributed by atoms with Crippen molar-refractivity contribution in [3.8, 4) is 28.7 Å². The Bertz CT molecular complexity index is 1210. The zero-order valence-electron chi connectivity index (χ0n) is 28.8. The van der Waals surface area contributed by atoms with Crippen molar-refractivity contribution in [1.29, 1.82) is 0 Å². The lowest BCUT2D eigenvalue weighted by molar-refractivity contribution is 0.261. The van der Waals surface area contributed by atoms with Crippen LogP contribution in [0.25, 0.3) is 5.76 Å². The zero-order valence-corrected chi connectivity index (χ0v) is 29.8. The number of benzene rings is 2. The lowest BCUT2D eigenvalue weighted by Crippen LogP contribution is -2.39. The highest BCUT2D eigenvalue weighted by Crippen LogP contribution is 2.49. The van der Waals surface area contributed by atoms with Gasteiger partial charge >= 0.3 is 0 Å². The van der Waals surface area contributed by atoms with Crippen LogP contribution >= 0.6 is 0 Å². The van der Waals surface area contributed by atoms with E-state index in [0.29, 0.717) is 39.3 Å². The van der Waals surface area contributed by atoms with Crippen molar-refractivity contribution in [2.24, 2.45) is 0 Å². The SMILES string of the molecule is CCCCOc1cc(OCCCC)c2c(c1)OC(c1ccc(OCCCC)c(OCCCC)c1)=C(CC(C)(C)[Si](C)(C)O)C2. The van der Waals surface area contributed by atoms with Crippen LogP contribution in [0.3, 0.4) is 0 Å². The average Bonchev–Trinajstić information content (AvgIpc) is 2.97. The Morgan fingerprint density at radius 2 is 1.27 bits per heavy atom. The van der Waals surface area contributed by atoms with Gasteiger partial charge in [-0.2, -0.15) is 0 Å².